The average molecular weight is 439 g/mol. The SMILES string of the molecule is Cc1cccc(-c2ccc(NC(=O)C3CCN(Cc4nc5ccccc5n4C)CC3)cc2)c1. The first-order valence-corrected chi connectivity index (χ1v) is 11.7. The average Bonchev–Trinajstić information content (AvgIpc) is 3.15. The Kier molecular flexibility index (Phi) is 5.97. The first-order valence-electron chi connectivity index (χ1n) is 11.7. The summed E-state index contributed by atoms with van der Waals surface area (Å²) in [6.07, 6.45) is 1.74. The summed E-state index contributed by atoms with van der Waals surface area (Å²) >= 11 is 0. The number of aromatic nitrogens is 2. The third kappa shape index (κ3) is 4.69. The fourth-order valence-corrected chi connectivity index (χ4v) is 4.71. The molecular weight excluding hydrogens is 408 g/mol. The third-order valence-electron chi connectivity index (χ3n) is 6.71. The highest BCUT2D eigenvalue weighted by Gasteiger charge is 2.26. The molecule has 0 radical (unpaired) electrons. The van der Waals surface area contributed by atoms with Crippen molar-refractivity contribution in [2.45, 2.75) is 26.3 Å². The predicted octanol–water partition coefficient (Wildman–Crippen LogP) is 5.40. The van der Waals surface area contributed by atoms with Crippen LogP contribution in [-0.4, -0.2) is 33.4 Å². The highest BCUT2D eigenvalue weighted by Crippen LogP contribution is 2.25. The summed E-state index contributed by atoms with van der Waals surface area (Å²) in [6, 6.07) is 24.8. The van der Waals surface area contributed by atoms with Crippen LogP contribution in [-0.2, 0) is 18.4 Å². The number of rotatable bonds is 5. The molecule has 1 N–H and O–H groups in total. The summed E-state index contributed by atoms with van der Waals surface area (Å²) in [7, 11) is 2.08. The van der Waals surface area contributed by atoms with Crippen molar-refractivity contribution in [3.8, 4) is 11.1 Å². The van der Waals surface area contributed by atoms with Crippen LogP contribution in [0.3, 0.4) is 0 Å². The largest absolute Gasteiger partial charge is 0.330 e. The van der Waals surface area contributed by atoms with Gasteiger partial charge in [0.05, 0.1) is 17.6 Å². The minimum atomic E-state index is 0.0538. The van der Waals surface area contributed by atoms with Crippen LogP contribution in [0, 0.1) is 12.8 Å². The monoisotopic (exact) mass is 438 g/mol. The molecule has 1 aliphatic heterocycles. The van der Waals surface area contributed by atoms with E-state index in [0.29, 0.717) is 0 Å². The lowest BCUT2D eigenvalue weighted by atomic mass is 9.95. The van der Waals surface area contributed by atoms with E-state index in [0.717, 1.165) is 60.6 Å². The number of fused-ring (bicyclic) bond motifs is 1. The molecule has 0 atom stereocenters. The van der Waals surface area contributed by atoms with Gasteiger partial charge in [-0.2, -0.15) is 0 Å². The number of nitrogens with zero attached hydrogens (tertiary/aromatic N) is 3. The van der Waals surface area contributed by atoms with E-state index >= 15 is 0 Å². The number of nitrogens with one attached hydrogen (secondary N) is 1. The second-order valence-corrected chi connectivity index (χ2v) is 9.06. The molecule has 4 aromatic rings. The Balaban J connectivity index is 1.15. The number of amides is 1. The summed E-state index contributed by atoms with van der Waals surface area (Å²) < 4.78 is 2.18. The number of likely N-dealkylation sites (tertiary alicyclic amines) is 1. The van der Waals surface area contributed by atoms with Crippen LogP contribution in [0.2, 0.25) is 0 Å². The van der Waals surface area contributed by atoms with Crippen molar-refractivity contribution in [2.24, 2.45) is 13.0 Å². The Labute approximate surface area is 195 Å². The topological polar surface area (TPSA) is 50.2 Å². The molecule has 168 valence electrons. The maximum absolute atomic E-state index is 12.9. The summed E-state index contributed by atoms with van der Waals surface area (Å²) in [5.74, 6) is 1.26. The van der Waals surface area contributed by atoms with Crippen LogP contribution >= 0.6 is 0 Å². The van der Waals surface area contributed by atoms with Gasteiger partial charge in [-0.3, -0.25) is 9.69 Å². The molecular formula is C28H30N4O. The molecule has 33 heavy (non-hydrogen) atoms. The summed E-state index contributed by atoms with van der Waals surface area (Å²) in [5, 5.41) is 3.12. The van der Waals surface area contributed by atoms with Gasteiger partial charge in [-0.15, -0.1) is 0 Å². The molecule has 0 unspecified atom stereocenters. The molecule has 1 fully saturated rings. The number of hydrogen-bond donors (Lipinski definition) is 1. The van der Waals surface area contributed by atoms with E-state index in [1.807, 2.05) is 24.3 Å². The lowest BCUT2D eigenvalue weighted by Crippen LogP contribution is -2.38. The van der Waals surface area contributed by atoms with Gasteiger partial charge in [-0.1, -0.05) is 54.1 Å². The Hall–Kier alpha value is -3.44. The molecule has 5 heteroatoms. The number of benzene rings is 3. The number of para-hydroxylation sites is 2. The van der Waals surface area contributed by atoms with Gasteiger partial charge >= 0.3 is 0 Å². The standard InChI is InChI=1S/C28H30N4O/c1-20-6-5-7-23(18-20)21-10-12-24(13-11-21)29-28(33)22-14-16-32(17-15-22)19-27-30-25-8-3-4-9-26(25)31(27)2/h3-13,18,22H,14-17,19H2,1-2H3,(H,29,33). The molecule has 2 heterocycles. The molecule has 0 spiro atoms. The minimum absolute atomic E-state index is 0.0538. The third-order valence-corrected chi connectivity index (χ3v) is 6.71. The highest BCUT2D eigenvalue weighted by molar-refractivity contribution is 5.92. The molecule has 5 rings (SSSR count). The van der Waals surface area contributed by atoms with Crippen molar-refractivity contribution in [3.63, 3.8) is 0 Å². The second-order valence-electron chi connectivity index (χ2n) is 9.06. The summed E-state index contributed by atoms with van der Waals surface area (Å²) in [5.41, 5.74) is 6.66. The number of carbonyl (C=O) groups is 1. The van der Waals surface area contributed by atoms with Crippen LogP contribution in [0.25, 0.3) is 22.2 Å². The maximum Gasteiger partial charge on any atom is 0.227 e. The van der Waals surface area contributed by atoms with Crippen molar-refractivity contribution in [3.05, 3.63) is 84.2 Å². The fourth-order valence-electron chi connectivity index (χ4n) is 4.71. The first-order chi connectivity index (χ1) is 16.1. The molecule has 3 aromatic carbocycles. The summed E-state index contributed by atoms with van der Waals surface area (Å²) in [6.45, 7) is 4.74. The first kappa shape index (κ1) is 21.4. The second kappa shape index (κ2) is 9.20. The molecule has 1 aliphatic rings. The van der Waals surface area contributed by atoms with Crippen molar-refractivity contribution in [2.75, 3.05) is 18.4 Å². The maximum atomic E-state index is 12.9. The lowest BCUT2D eigenvalue weighted by Gasteiger charge is -2.31. The number of piperidine rings is 1. The predicted molar refractivity (Wildman–Crippen MR) is 134 cm³/mol. The number of carbonyl (C=O) groups excluding carboxylic acids is 1. The van der Waals surface area contributed by atoms with Gasteiger partial charge in [-0.25, -0.2) is 4.98 Å². The number of imidazole rings is 1. The van der Waals surface area contributed by atoms with E-state index in [2.05, 4.69) is 77.3 Å². The van der Waals surface area contributed by atoms with Gasteiger partial charge in [0.25, 0.3) is 0 Å². The molecule has 5 nitrogen and oxygen atoms in total. The van der Waals surface area contributed by atoms with Crippen LogP contribution < -0.4 is 5.32 Å². The van der Waals surface area contributed by atoms with E-state index in [9.17, 15) is 4.79 Å². The van der Waals surface area contributed by atoms with E-state index in [-0.39, 0.29) is 11.8 Å². The van der Waals surface area contributed by atoms with Crippen molar-refractivity contribution in [1.29, 1.82) is 0 Å². The number of anilines is 1. The summed E-state index contributed by atoms with van der Waals surface area (Å²) in [4.78, 5) is 20.1. The van der Waals surface area contributed by atoms with Crippen molar-refractivity contribution >= 4 is 22.6 Å². The van der Waals surface area contributed by atoms with Crippen molar-refractivity contribution < 1.29 is 4.79 Å². The molecule has 1 amide bonds. The zero-order valence-electron chi connectivity index (χ0n) is 19.3. The Bertz CT molecular complexity index is 1270. The molecule has 1 aromatic heterocycles. The van der Waals surface area contributed by atoms with E-state index in [1.165, 1.54) is 11.1 Å². The van der Waals surface area contributed by atoms with Crippen molar-refractivity contribution in [1.82, 2.24) is 14.5 Å². The van der Waals surface area contributed by atoms with Gasteiger partial charge in [0.1, 0.15) is 5.82 Å². The van der Waals surface area contributed by atoms with Gasteiger partial charge in [0.15, 0.2) is 0 Å². The van der Waals surface area contributed by atoms with Gasteiger partial charge in [0.2, 0.25) is 5.91 Å². The Morgan fingerprint density at radius 3 is 2.45 bits per heavy atom. The zero-order valence-corrected chi connectivity index (χ0v) is 19.3. The smallest absolute Gasteiger partial charge is 0.227 e. The van der Waals surface area contributed by atoms with Gasteiger partial charge < -0.3 is 9.88 Å². The molecule has 0 bridgehead atoms. The quantitative estimate of drug-likeness (QED) is 0.454. The molecule has 1 saturated heterocycles. The van der Waals surface area contributed by atoms with Crippen LogP contribution in [0.4, 0.5) is 5.69 Å². The Morgan fingerprint density at radius 1 is 0.970 bits per heavy atom. The van der Waals surface area contributed by atoms with Gasteiger partial charge in [0, 0.05) is 18.7 Å². The number of hydrogen-bond acceptors (Lipinski definition) is 3. The van der Waals surface area contributed by atoms with Crippen LogP contribution in [0.15, 0.2) is 72.8 Å². The fraction of sp³-hybridized carbons (Fsp3) is 0.286. The van der Waals surface area contributed by atoms with Crippen LogP contribution in [0.1, 0.15) is 24.2 Å². The molecule has 0 aliphatic carbocycles. The minimum Gasteiger partial charge on any atom is -0.330 e. The lowest BCUT2D eigenvalue weighted by molar-refractivity contribution is -0.121. The number of aryl methyl sites for hydroxylation is 2. The van der Waals surface area contributed by atoms with E-state index in [4.69, 9.17) is 4.98 Å². The van der Waals surface area contributed by atoms with E-state index < -0.39 is 0 Å². The Morgan fingerprint density at radius 2 is 1.73 bits per heavy atom. The van der Waals surface area contributed by atoms with E-state index in [1.54, 1.807) is 0 Å². The normalized spacial score (nSPS) is 15.1. The van der Waals surface area contributed by atoms with Crippen LogP contribution in [0.5, 0.6) is 0 Å². The van der Waals surface area contributed by atoms with Gasteiger partial charge in [-0.05, 0) is 68.2 Å². The molecule has 0 saturated carbocycles. The zero-order chi connectivity index (χ0) is 22.8. The highest BCUT2D eigenvalue weighted by atomic mass is 16.1.